The minimum atomic E-state index is -3.76. The molecule has 1 fully saturated rings. The van der Waals surface area contributed by atoms with Crippen molar-refractivity contribution in [3.63, 3.8) is 0 Å². The van der Waals surface area contributed by atoms with E-state index in [2.05, 4.69) is 39.8 Å². The van der Waals surface area contributed by atoms with Gasteiger partial charge in [-0.3, -0.25) is 4.90 Å². The maximum atomic E-state index is 13.2. The molecule has 33 heavy (non-hydrogen) atoms. The second-order valence-corrected chi connectivity index (χ2v) is 10.6. The highest BCUT2D eigenvalue weighted by molar-refractivity contribution is 7.89. The molecule has 0 bridgehead atoms. The Morgan fingerprint density at radius 2 is 1.76 bits per heavy atom. The lowest BCUT2D eigenvalue weighted by atomic mass is 9.95. The first-order chi connectivity index (χ1) is 15.9. The number of ether oxygens (including phenoxy) is 2. The zero-order valence-corrected chi connectivity index (χ0v) is 20.7. The normalized spacial score (nSPS) is 18.0. The van der Waals surface area contributed by atoms with Crippen LogP contribution >= 0.6 is 0 Å². The number of benzene rings is 2. The Morgan fingerprint density at radius 3 is 2.48 bits per heavy atom. The van der Waals surface area contributed by atoms with Crippen LogP contribution in [-0.2, 0) is 16.4 Å². The molecule has 0 amide bonds. The van der Waals surface area contributed by atoms with E-state index in [0.29, 0.717) is 12.3 Å². The van der Waals surface area contributed by atoms with Gasteiger partial charge in [-0.05, 0) is 68.1 Å². The molecule has 0 spiro atoms. The Hall–Kier alpha value is -2.29. The number of methoxy groups -OCH3 is 2. The Morgan fingerprint density at radius 1 is 0.970 bits per heavy atom. The van der Waals surface area contributed by atoms with Gasteiger partial charge in [0.15, 0.2) is 0 Å². The molecule has 2 aliphatic heterocycles. The number of hydrogen-bond acceptors (Lipinski definition) is 6. The van der Waals surface area contributed by atoms with Gasteiger partial charge in [-0.1, -0.05) is 18.6 Å². The monoisotopic (exact) mass is 473 g/mol. The van der Waals surface area contributed by atoms with Gasteiger partial charge < -0.3 is 14.4 Å². The van der Waals surface area contributed by atoms with Gasteiger partial charge in [-0.15, -0.1) is 0 Å². The number of likely N-dealkylation sites (tertiary alicyclic amines) is 1. The van der Waals surface area contributed by atoms with Crippen molar-refractivity contribution < 1.29 is 17.9 Å². The van der Waals surface area contributed by atoms with Gasteiger partial charge in [0.25, 0.3) is 0 Å². The molecule has 4 rings (SSSR count). The van der Waals surface area contributed by atoms with Crippen molar-refractivity contribution in [2.75, 3.05) is 52.3 Å². The van der Waals surface area contributed by atoms with Crippen molar-refractivity contribution in [1.82, 2.24) is 9.62 Å². The van der Waals surface area contributed by atoms with Crippen LogP contribution in [0, 0.1) is 0 Å². The van der Waals surface area contributed by atoms with Gasteiger partial charge in [0.2, 0.25) is 10.0 Å². The Labute approximate surface area is 197 Å². The van der Waals surface area contributed by atoms with Gasteiger partial charge in [0.1, 0.15) is 16.4 Å². The van der Waals surface area contributed by atoms with Crippen LogP contribution in [0.3, 0.4) is 0 Å². The molecule has 1 atom stereocenters. The molecule has 2 aromatic rings. The average Bonchev–Trinajstić information content (AvgIpc) is 2.84. The van der Waals surface area contributed by atoms with Crippen molar-refractivity contribution in [2.24, 2.45) is 0 Å². The van der Waals surface area contributed by atoms with Gasteiger partial charge in [0, 0.05) is 37.9 Å². The molecule has 2 aromatic carbocycles. The number of rotatable bonds is 8. The molecule has 1 unspecified atom stereocenters. The third-order valence-electron chi connectivity index (χ3n) is 6.80. The Kier molecular flexibility index (Phi) is 7.46. The minimum absolute atomic E-state index is 0.0122. The van der Waals surface area contributed by atoms with Gasteiger partial charge >= 0.3 is 0 Å². The number of nitrogens with zero attached hydrogens (tertiary/aromatic N) is 2. The smallest absolute Gasteiger partial charge is 0.244 e. The number of fused-ring (bicyclic) bond motifs is 1. The van der Waals surface area contributed by atoms with Crippen LogP contribution in [0.15, 0.2) is 41.3 Å². The molecule has 1 N–H and O–H groups in total. The van der Waals surface area contributed by atoms with Crippen LogP contribution in [0.2, 0.25) is 0 Å². The molecule has 1 saturated heterocycles. The predicted molar refractivity (Wildman–Crippen MR) is 131 cm³/mol. The highest BCUT2D eigenvalue weighted by Crippen LogP contribution is 2.33. The molecule has 0 aliphatic carbocycles. The Bertz CT molecular complexity index is 1070. The molecular weight excluding hydrogens is 438 g/mol. The molecule has 7 nitrogen and oxygen atoms in total. The maximum absolute atomic E-state index is 13.2. The molecular formula is C25H35N3O4S. The Balaban J connectivity index is 1.60. The van der Waals surface area contributed by atoms with E-state index in [4.69, 9.17) is 9.47 Å². The second kappa shape index (κ2) is 10.3. The number of sulfonamides is 1. The summed E-state index contributed by atoms with van der Waals surface area (Å²) < 4.78 is 39.9. The topological polar surface area (TPSA) is 71.1 Å². The lowest BCUT2D eigenvalue weighted by Gasteiger charge is -2.36. The van der Waals surface area contributed by atoms with E-state index in [1.807, 2.05) is 0 Å². The summed E-state index contributed by atoms with van der Waals surface area (Å²) in [5.41, 5.74) is 3.81. The second-order valence-electron chi connectivity index (χ2n) is 8.89. The van der Waals surface area contributed by atoms with Crippen molar-refractivity contribution in [1.29, 1.82) is 0 Å². The summed E-state index contributed by atoms with van der Waals surface area (Å²) in [5, 5.41) is 0. The summed E-state index contributed by atoms with van der Waals surface area (Å²) in [5.74, 6) is 0.823. The van der Waals surface area contributed by atoms with Crippen molar-refractivity contribution >= 4 is 15.7 Å². The van der Waals surface area contributed by atoms with Crippen molar-refractivity contribution in [3.8, 4) is 11.5 Å². The summed E-state index contributed by atoms with van der Waals surface area (Å²) in [6.07, 6.45) is 5.72. The third kappa shape index (κ3) is 5.28. The van der Waals surface area contributed by atoms with Gasteiger partial charge in [-0.2, -0.15) is 0 Å². The van der Waals surface area contributed by atoms with E-state index >= 15 is 0 Å². The quantitative estimate of drug-likeness (QED) is 0.632. The van der Waals surface area contributed by atoms with Gasteiger partial charge in [-0.25, -0.2) is 13.1 Å². The standard InChI is InChI=1S/C25H35N3O4S/c1-27-13-7-8-19-16-20(9-11-22(19)27)23(28-14-5-4-6-15-28)18-26-33(29,30)25-12-10-21(31-2)17-24(25)32-3/h9-12,16-17,23,26H,4-8,13-15,18H2,1-3H3. The summed E-state index contributed by atoms with van der Waals surface area (Å²) >= 11 is 0. The number of nitrogens with one attached hydrogen (secondary N) is 1. The van der Waals surface area contributed by atoms with E-state index < -0.39 is 10.0 Å². The number of aryl methyl sites for hydroxylation is 1. The highest BCUT2D eigenvalue weighted by Gasteiger charge is 2.27. The first kappa shape index (κ1) is 23.9. The number of anilines is 1. The predicted octanol–water partition coefficient (Wildman–Crippen LogP) is 3.59. The molecule has 2 heterocycles. The molecule has 180 valence electrons. The minimum Gasteiger partial charge on any atom is -0.497 e. The maximum Gasteiger partial charge on any atom is 0.244 e. The van der Waals surface area contributed by atoms with Crippen LogP contribution in [0.5, 0.6) is 11.5 Å². The van der Waals surface area contributed by atoms with E-state index in [1.165, 1.54) is 36.4 Å². The van der Waals surface area contributed by atoms with E-state index in [1.54, 1.807) is 19.2 Å². The summed E-state index contributed by atoms with van der Waals surface area (Å²) in [6, 6.07) is 11.4. The van der Waals surface area contributed by atoms with Crippen LogP contribution in [0.1, 0.15) is 42.9 Å². The number of hydrogen-bond donors (Lipinski definition) is 1. The molecule has 0 radical (unpaired) electrons. The zero-order valence-electron chi connectivity index (χ0n) is 19.8. The largest absolute Gasteiger partial charge is 0.497 e. The fraction of sp³-hybridized carbons (Fsp3) is 0.520. The first-order valence-electron chi connectivity index (χ1n) is 11.7. The average molecular weight is 474 g/mol. The fourth-order valence-electron chi connectivity index (χ4n) is 4.96. The van der Waals surface area contributed by atoms with Crippen LogP contribution in [0.4, 0.5) is 5.69 Å². The molecule has 2 aliphatic rings. The van der Waals surface area contributed by atoms with Crippen molar-refractivity contribution in [3.05, 3.63) is 47.5 Å². The lowest BCUT2D eigenvalue weighted by Crippen LogP contribution is -2.40. The SMILES string of the molecule is COc1ccc(S(=O)(=O)NCC(c2ccc3c(c2)CCCN3C)N2CCCCC2)c(OC)c1. The van der Waals surface area contributed by atoms with Crippen LogP contribution in [-0.4, -0.2) is 60.8 Å². The van der Waals surface area contributed by atoms with Gasteiger partial charge in [0.05, 0.1) is 14.2 Å². The molecule has 8 heteroatoms. The summed E-state index contributed by atoms with van der Waals surface area (Å²) in [7, 11) is 1.38. The van der Waals surface area contributed by atoms with Crippen LogP contribution in [0.25, 0.3) is 0 Å². The fourth-order valence-corrected chi connectivity index (χ4v) is 6.15. The molecule has 0 aromatic heterocycles. The summed E-state index contributed by atoms with van der Waals surface area (Å²) in [6.45, 7) is 3.35. The van der Waals surface area contributed by atoms with E-state index in [9.17, 15) is 8.42 Å². The molecule has 0 saturated carbocycles. The first-order valence-corrected chi connectivity index (χ1v) is 13.2. The zero-order chi connectivity index (χ0) is 23.4. The lowest BCUT2D eigenvalue weighted by molar-refractivity contribution is 0.164. The van der Waals surface area contributed by atoms with E-state index in [0.717, 1.165) is 45.3 Å². The van der Waals surface area contributed by atoms with E-state index in [-0.39, 0.29) is 16.7 Å². The summed E-state index contributed by atoms with van der Waals surface area (Å²) in [4.78, 5) is 4.85. The number of piperidine rings is 1. The van der Waals surface area contributed by atoms with Crippen LogP contribution < -0.4 is 19.1 Å². The van der Waals surface area contributed by atoms with Crippen molar-refractivity contribution in [2.45, 2.75) is 43.0 Å². The highest BCUT2D eigenvalue weighted by atomic mass is 32.2. The third-order valence-corrected chi connectivity index (χ3v) is 8.26.